The number of nitrogens with one attached hydrogen (secondary N) is 1. The van der Waals surface area contributed by atoms with Crippen molar-refractivity contribution in [2.45, 2.75) is 0 Å². The standard InChI is InChI=1S/C5H8N2O4S/c6-5(11)7-3(8)1-12-2-4(9)10/h1-2H2,(H,9,10)(H3,6,7,8,11). The summed E-state index contributed by atoms with van der Waals surface area (Å²) in [5.74, 6) is -1.86. The van der Waals surface area contributed by atoms with Crippen LogP contribution in [0.5, 0.6) is 0 Å². The molecule has 0 saturated heterocycles. The number of carbonyl (C=O) groups is 3. The number of amides is 3. The number of rotatable bonds is 4. The molecule has 12 heavy (non-hydrogen) atoms. The highest BCUT2D eigenvalue weighted by atomic mass is 32.2. The van der Waals surface area contributed by atoms with Crippen LogP contribution in [0.1, 0.15) is 0 Å². The molecule has 0 saturated carbocycles. The minimum atomic E-state index is -1.01. The number of urea groups is 1. The molecule has 0 rings (SSSR count). The van der Waals surface area contributed by atoms with Crippen molar-refractivity contribution in [1.29, 1.82) is 0 Å². The first kappa shape index (κ1) is 10.8. The van der Waals surface area contributed by atoms with Gasteiger partial charge in [0, 0.05) is 0 Å². The Hall–Kier alpha value is -1.24. The Morgan fingerprint density at radius 1 is 1.33 bits per heavy atom. The predicted molar refractivity (Wildman–Crippen MR) is 42.7 cm³/mol. The summed E-state index contributed by atoms with van der Waals surface area (Å²) in [6.45, 7) is 0. The molecule has 0 aliphatic heterocycles. The minimum Gasteiger partial charge on any atom is -0.481 e. The van der Waals surface area contributed by atoms with Crippen molar-refractivity contribution in [3.05, 3.63) is 0 Å². The molecule has 0 bridgehead atoms. The summed E-state index contributed by atoms with van der Waals surface area (Å²) in [4.78, 5) is 30.6. The van der Waals surface area contributed by atoms with E-state index < -0.39 is 17.9 Å². The molecule has 68 valence electrons. The van der Waals surface area contributed by atoms with Gasteiger partial charge in [0.05, 0.1) is 11.5 Å². The van der Waals surface area contributed by atoms with Gasteiger partial charge in [0.25, 0.3) is 0 Å². The topological polar surface area (TPSA) is 109 Å². The van der Waals surface area contributed by atoms with E-state index in [0.29, 0.717) is 0 Å². The lowest BCUT2D eigenvalue weighted by Gasteiger charge is -1.97. The van der Waals surface area contributed by atoms with E-state index in [2.05, 4.69) is 5.73 Å². The Morgan fingerprint density at radius 2 is 1.92 bits per heavy atom. The Bertz CT molecular complexity index is 206. The van der Waals surface area contributed by atoms with Crippen LogP contribution in [0.3, 0.4) is 0 Å². The fraction of sp³-hybridized carbons (Fsp3) is 0.400. The maximum atomic E-state index is 10.6. The zero-order valence-corrected chi connectivity index (χ0v) is 6.89. The zero-order valence-electron chi connectivity index (χ0n) is 6.07. The number of primary amides is 1. The lowest BCUT2D eigenvalue weighted by Crippen LogP contribution is -2.36. The van der Waals surface area contributed by atoms with Crippen LogP contribution in [0.2, 0.25) is 0 Å². The summed E-state index contributed by atoms with van der Waals surface area (Å²) in [7, 11) is 0. The van der Waals surface area contributed by atoms with E-state index in [1.54, 1.807) is 5.32 Å². The highest BCUT2D eigenvalue weighted by molar-refractivity contribution is 8.00. The molecule has 0 aliphatic rings. The zero-order chi connectivity index (χ0) is 9.56. The van der Waals surface area contributed by atoms with E-state index in [0.717, 1.165) is 11.8 Å². The molecule has 0 atom stereocenters. The number of hydrogen-bond acceptors (Lipinski definition) is 4. The van der Waals surface area contributed by atoms with Gasteiger partial charge in [-0.25, -0.2) is 4.79 Å². The summed E-state index contributed by atoms with van der Waals surface area (Å²) < 4.78 is 0. The van der Waals surface area contributed by atoms with Crippen molar-refractivity contribution in [1.82, 2.24) is 5.32 Å². The fourth-order valence-electron chi connectivity index (χ4n) is 0.405. The van der Waals surface area contributed by atoms with Gasteiger partial charge in [-0.15, -0.1) is 11.8 Å². The minimum absolute atomic E-state index is 0.0881. The van der Waals surface area contributed by atoms with Crippen LogP contribution in [-0.2, 0) is 9.59 Å². The first-order valence-electron chi connectivity index (χ1n) is 2.91. The number of imide groups is 1. The lowest BCUT2D eigenvalue weighted by atomic mass is 10.7. The summed E-state index contributed by atoms with van der Waals surface area (Å²) in [5.41, 5.74) is 4.63. The van der Waals surface area contributed by atoms with E-state index in [1.807, 2.05) is 0 Å². The summed E-state index contributed by atoms with van der Waals surface area (Å²) in [6, 6.07) is -0.934. The van der Waals surface area contributed by atoms with E-state index >= 15 is 0 Å². The van der Waals surface area contributed by atoms with Crippen LogP contribution < -0.4 is 11.1 Å². The Morgan fingerprint density at radius 3 is 2.33 bits per heavy atom. The van der Waals surface area contributed by atoms with E-state index in [4.69, 9.17) is 5.11 Å². The Balaban J connectivity index is 3.44. The van der Waals surface area contributed by atoms with Crippen molar-refractivity contribution in [3.63, 3.8) is 0 Å². The predicted octanol–water partition coefficient (Wildman–Crippen LogP) is -1.00. The van der Waals surface area contributed by atoms with Crippen molar-refractivity contribution >= 4 is 29.7 Å². The van der Waals surface area contributed by atoms with Gasteiger partial charge in [0.15, 0.2) is 0 Å². The molecule has 0 aromatic rings. The third-order valence-corrected chi connectivity index (χ3v) is 1.64. The van der Waals surface area contributed by atoms with Crippen molar-refractivity contribution < 1.29 is 19.5 Å². The Labute approximate surface area is 72.5 Å². The largest absolute Gasteiger partial charge is 0.481 e. The molecule has 0 spiro atoms. The highest BCUT2D eigenvalue weighted by Gasteiger charge is 2.05. The van der Waals surface area contributed by atoms with Gasteiger partial charge in [0.2, 0.25) is 5.91 Å². The number of nitrogens with two attached hydrogens (primary N) is 1. The third kappa shape index (κ3) is 6.87. The SMILES string of the molecule is NC(=O)NC(=O)CSCC(=O)O. The summed E-state index contributed by atoms with van der Waals surface area (Å²) in [5, 5.41) is 9.97. The quantitative estimate of drug-likeness (QED) is 0.529. The molecule has 0 aromatic carbocycles. The maximum absolute atomic E-state index is 10.6. The smallest absolute Gasteiger partial charge is 0.318 e. The van der Waals surface area contributed by atoms with Crippen molar-refractivity contribution in [2.75, 3.05) is 11.5 Å². The van der Waals surface area contributed by atoms with Crippen LogP contribution >= 0.6 is 11.8 Å². The number of aliphatic carboxylic acids is 1. The first-order chi connectivity index (χ1) is 5.52. The molecule has 0 radical (unpaired) electrons. The molecule has 0 fully saturated rings. The van der Waals surface area contributed by atoms with Gasteiger partial charge in [-0.1, -0.05) is 0 Å². The Kier molecular flexibility index (Phi) is 4.86. The van der Waals surface area contributed by atoms with E-state index in [1.165, 1.54) is 0 Å². The molecule has 6 nitrogen and oxygen atoms in total. The number of carboxylic acid groups (broad SMARTS) is 1. The molecule has 0 aromatic heterocycles. The molecule has 0 unspecified atom stereocenters. The van der Waals surface area contributed by atoms with Crippen LogP contribution in [0.4, 0.5) is 4.79 Å². The fourth-order valence-corrected chi connectivity index (χ4v) is 0.939. The van der Waals surface area contributed by atoms with Gasteiger partial charge >= 0.3 is 12.0 Å². The summed E-state index contributed by atoms with van der Waals surface area (Å²) in [6.07, 6.45) is 0. The average Bonchev–Trinajstić information content (AvgIpc) is 1.84. The van der Waals surface area contributed by atoms with Gasteiger partial charge in [-0.2, -0.15) is 0 Å². The van der Waals surface area contributed by atoms with Gasteiger partial charge in [-0.05, 0) is 0 Å². The van der Waals surface area contributed by atoms with Gasteiger partial charge in [-0.3, -0.25) is 14.9 Å². The second-order valence-corrected chi connectivity index (χ2v) is 2.78. The average molecular weight is 192 g/mol. The molecular weight excluding hydrogens is 184 g/mol. The number of carbonyl (C=O) groups excluding carboxylic acids is 2. The monoisotopic (exact) mass is 192 g/mol. The summed E-state index contributed by atoms with van der Waals surface area (Å²) >= 11 is 0.892. The first-order valence-corrected chi connectivity index (χ1v) is 4.06. The van der Waals surface area contributed by atoms with Crippen molar-refractivity contribution in [2.24, 2.45) is 5.73 Å². The second-order valence-electron chi connectivity index (χ2n) is 1.80. The second kappa shape index (κ2) is 5.42. The molecular formula is C5H8N2O4S. The van der Waals surface area contributed by atoms with Gasteiger partial charge < -0.3 is 10.8 Å². The number of hydrogen-bond donors (Lipinski definition) is 3. The normalized spacial score (nSPS) is 9.00. The highest BCUT2D eigenvalue weighted by Crippen LogP contribution is 1.97. The number of carboxylic acids is 1. The van der Waals surface area contributed by atoms with E-state index in [9.17, 15) is 14.4 Å². The third-order valence-electron chi connectivity index (χ3n) is 0.721. The molecule has 4 N–H and O–H groups in total. The molecule has 3 amide bonds. The lowest BCUT2D eigenvalue weighted by molar-refractivity contribution is -0.133. The number of thioether (sulfide) groups is 1. The van der Waals surface area contributed by atoms with Crippen LogP contribution in [0, 0.1) is 0 Å². The molecule has 0 heterocycles. The molecule has 7 heteroatoms. The molecule has 0 aliphatic carbocycles. The van der Waals surface area contributed by atoms with Gasteiger partial charge in [0.1, 0.15) is 0 Å². The van der Waals surface area contributed by atoms with Crippen LogP contribution in [-0.4, -0.2) is 34.5 Å². The van der Waals surface area contributed by atoms with Crippen molar-refractivity contribution in [3.8, 4) is 0 Å². The van der Waals surface area contributed by atoms with Crippen LogP contribution in [0.15, 0.2) is 0 Å². The maximum Gasteiger partial charge on any atom is 0.318 e. The van der Waals surface area contributed by atoms with E-state index in [-0.39, 0.29) is 11.5 Å². The van der Waals surface area contributed by atoms with Crippen LogP contribution in [0.25, 0.3) is 0 Å².